The van der Waals surface area contributed by atoms with Crippen molar-refractivity contribution < 1.29 is 8.78 Å². The number of pyridine rings is 1. The van der Waals surface area contributed by atoms with Crippen LogP contribution in [0.5, 0.6) is 0 Å². The number of benzene rings is 2. The molecule has 1 aromatic heterocycles. The number of aromatic nitrogens is 1. The fraction of sp³-hybridized carbons (Fsp3) is 0.0556. The number of nitrogens with two attached hydrogens (primary N) is 2. The molecule has 0 atom stereocenters. The third kappa shape index (κ3) is 3.05. The van der Waals surface area contributed by atoms with E-state index in [0.29, 0.717) is 17.1 Å². The highest BCUT2D eigenvalue weighted by Gasteiger charge is 2.12. The molecule has 0 saturated heterocycles. The fourth-order valence-electron chi connectivity index (χ4n) is 2.46. The first kappa shape index (κ1) is 15.1. The van der Waals surface area contributed by atoms with E-state index >= 15 is 0 Å². The quantitative estimate of drug-likeness (QED) is 0.774. The summed E-state index contributed by atoms with van der Waals surface area (Å²) in [6.07, 6.45) is 0. The van der Waals surface area contributed by atoms with Gasteiger partial charge in [-0.1, -0.05) is 12.1 Å². The predicted octanol–water partition coefficient (Wildman–Crippen LogP) is 3.73. The van der Waals surface area contributed by atoms with Gasteiger partial charge in [-0.05, 0) is 53.6 Å². The van der Waals surface area contributed by atoms with E-state index < -0.39 is 0 Å². The smallest absolute Gasteiger partial charge is 0.129 e. The van der Waals surface area contributed by atoms with Gasteiger partial charge in [0.05, 0.1) is 5.69 Å². The summed E-state index contributed by atoms with van der Waals surface area (Å²) in [6.45, 7) is 0.218. The summed E-state index contributed by atoms with van der Waals surface area (Å²) in [6, 6.07) is 13.9. The minimum Gasteiger partial charge on any atom is -0.383 e. The molecule has 23 heavy (non-hydrogen) atoms. The largest absolute Gasteiger partial charge is 0.383 e. The van der Waals surface area contributed by atoms with Crippen LogP contribution < -0.4 is 11.5 Å². The molecule has 0 bridgehead atoms. The number of nitrogens with zero attached hydrogens (tertiary/aromatic N) is 1. The second-order valence-corrected chi connectivity index (χ2v) is 5.14. The van der Waals surface area contributed by atoms with Crippen molar-refractivity contribution in [3.05, 3.63) is 71.8 Å². The highest BCUT2D eigenvalue weighted by molar-refractivity contribution is 5.77. The molecule has 0 radical (unpaired) electrons. The Bertz CT molecular complexity index is 828. The van der Waals surface area contributed by atoms with Crippen LogP contribution in [0.1, 0.15) is 5.56 Å². The minimum atomic E-state index is -0.320. The molecule has 0 aliphatic carbocycles. The monoisotopic (exact) mass is 311 g/mol. The first-order chi connectivity index (χ1) is 11.1. The summed E-state index contributed by atoms with van der Waals surface area (Å²) < 4.78 is 26.2. The summed E-state index contributed by atoms with van der Waals surface area (Å²) in [5, 5.41) is 0. The van der Waals surface area contributed by atoms with Gasteiger partial charge >= 0.3 is 0 Å². The van der Waals surface area contributed by atoms with Crippen LogP contribution in [0.3, 0.4) is 0 Å². The molecule has 3 rings (SSSR count). The van der Waals surface area contributed by atoms with E-state index in [1.165, 1.54) is 24.3 Å². The Morgan fingerprint density at radius 3 is 1.87 bits per heavy atom. The standard InChI is InChI=1S/C18H15F2N3/c19-13-5-1-11(2-6-13)15-9-17(23-18(22)16(15)10-21)12-3-7-14(20)8-4-12/h1-9H,10,21H2,(H2,22,23). The molecular formula is C18H15F2N3. The van der Waals surface area contributed by atoms with Gasteiger partial charge in [0.2, 0.25) is 0 Å². The average molecular weight is 311 g/mol. The third-order valence-electron chi connectivity index (χ3n) is 3.66. The van der Waals surface area contributed by atoms with Crippen LogP contribution in [0.4, 0.5) is 14.6 Å². The first-order valence-electron chi connectivity index (χ1n) is 7.10. The van der Waals surface area contributed by atoms with Gasteiger partial charge in [0.25, 0.3) is 0 Å². The minimum absolute atomic E-state index is 0.218. The van der Waals surface area contributed by atoms with Gasteiger partial charge in [-0.15, -0.1) is 0 Å². The summed E-state index contributed by atoms with van der Waals surface area (Å²) in [4.78, 5) is 4.35. The molecule has 4 N–H and O–H groups in total. The summed E-state index contributed by atoms with van der Waals surface area (Å²) in [7, 11) is 0. The molecule has 3 nitrogen and oxygen atoms in total. The molecule has 3 aromatic rings. The Balaban J connectivity index is 2.17. The molecule has 0 unspecified atom stereocenters. The zero-order chi connectivity index (χ0) is 16.4. The highest BCUT2D eigenvalue weighted by Crippen LogP contribution is 2.31. The van der Waals surface area contributed by atoms with Crippen LogP contribution in [-0.2, 0) is 6.54 Å². The van der Waals surface area contributed by atoms with Crippen LogP contribution in [0, 0.1) is 11.6 Å². The van der Waals surface area contributed by atoms with Crippen molar-refractivity contribution in [3.63, 3.8) is 0 Å². The van der Waals surface area contributed by atoms with Crippen molar-refractivity contribution in [2.45, 2.75) is 6.54 Å². The molecule has 1 heterocycles. The Morgan fingerprint density at radius 2 is 1.35 bits per heavy atom. The Morgan fingerprint density at radius 1 is 0.826 bits per heavy atom. The normalized spacial score (nSPS) is 10.7. The Kier molecular flexibility index (Phi) is 4.04. The molecular weight excluding hydrogens is 296 g/mol. The maximum absolute atomic E-state index is 13.1. The lowest BCUT2D eigenvalue weighted by molar-refractivity contribution is 0.627. The number of hydrogen-bond donors (Lipinski definition) is 2. The van der Waals surface area contributed by atoms with E-state index in [0.717, 1.165) is 16.7 Å². The van der Waals surface area contributed by atoms with Crippen molar-refractivity contribution in [2.24, 2.45) is 5.73 Å². The van der Waals surface area contributed by atoms with E-state index in [9.17, 15) is 8.78 Å². The lowest BCUT2D eigenvalue weighted by Crippen LogP contribution is -2.07. The number of rotatable bonds is 3. The fourth-order valence-corrected chi connectivity index (χ4v) is 2.46. The molecule has 0 amide bonds. The molecule has 2 aromatic carbocycles. The number of halogens is 2. The van der Waals surface area contributed by atoms with E-state index in [1.807, 2.05) is 6.07 Å². The second kappa shape index (κ2) is 6.14. The van der Waals surface area contributed by atoms with Crippen LogP contribution in [-0.4, -0.2) is 4.98 Å². The van der Waals surface area contributed by atoms with Crippen molar-refractivity contribution in [2.75, 3.05) is 5.73 Å². The van der Waals surface area contributed by atoms with Crippen LogP contribution in [0.25, 0.3) is 22.4 Å². The highest BCUT2D eigenvalue weighted by atomic mass is 19.1. The summed E-state index contributed by atoms with van der Waals surface area (Å²) in [5.41, 5.74) is 15.4. The molecule has 0 saturated carbocycles. The van der Waals surface area contributed by atoms with Gasteiger partial charge in [-0.25, -0.2) is 13.8 Å². The number of nitrogen functional groups attached to an aromatic ring is 1. The Labute approximate surface area is 132 Å². The van der Waals surface area contributed by atoms with Crippen molar-refractivity contribution >= 4 is 5.82 Å². The average Bonchev–Trinajstić information content (AvgIpc) is 2.55. The predicted molar refractivity (Wildman–Crippen MR) is 87.3 cm³/mol. The zero-order valence-electron chi connectivity index (χ0n) is 12.3. The molecule has 0 aliphatic heterocycles. The van der Waals surface area contributed by atoms with Gasteiger partial charge < -0.3 is 11.5 Å². The van der Waals surface area contributed by atoms with Gasteiger partial charge in [0.1, 0.15) is 17.5 Å². The molecule has 0 aliphatic rings. The van der Waals surface area contributed by atoms with Gasteiger partial charge in [0.15, 0.2) is 0 Å². The number of anilines is 1. The molecule has 116 valence electrons. The molecule has 0 spiro atoms. The lowest BCUT2D eigenvalue weighted by Gasteiger charge is -2.13. The second-order valence-electron chi connectivity index (χ2n) is 5.14. The van der Waals surface area contributed by atoms with Crippen molar-refractivity contribution in [1.82, 2.24) is 4.98 Å². The molecule has 0 fully saturated rings. The topological polar surface area (TPSA) is 64.9 Å². The maximum Gasteiger partial charge on any atom is 0.129 e. The van der Waals surface area contributed by atoms with E-state index in [-0.39, 0.29) is 18.2 Å². The lowest BCUT2D eigenvalue weighted by atomic mass is 9.98. The van der Waals surface area contributed by atoms with Crippen LogP contribution in [0.2, 0.25) is 0 Å². The van der Waals surface area contributed by atoms with E-state index in [1.54, 1.807) is 24.3 Å². The van der Waals surface area contributed by atoms with Crippen molar-refractivity contribution in [1.29, 1.82) is 0 Å². The van der Waals surface area contributed by atoms with E-state index in [2.05, 4.69) is 4.98 Å². The maximum atomic E-state index is 13.1. The summed E-state index contributed by atoms with van der Waals surface area (Å²) in [5.74, 6) is -0.323. The van der Waals surface area contributed by atoms with Gasteiger partial charge in [-0.3, -0.25) is 0 Å². The Hall–Kier alpha value is -2.79. The SMILES string of the molecule is NCc1c(-c2ccc(F)cc2)cc(-c2ccc(F)cc2)nc1N. The third-order valence-corrected chi connectivity index (χ3v) is 3.66. The van der Waals surface area contributed by atoms with Crippen molar-refractivity contribution in [3.8, 4) is 22.4 Å². The van der Waals surface area contributed by atoms with E-state index in [4.69, 9.17) is 11.5 Å². The number of hydrogen-bond acceptors (Lipinski definition) is 3. The van der Waals surface area contributed by atoms with Crippen LogP contribution in [0.15, 0.2) is 54.6 Å². The summed E-state index contributed by atoms with van der Waals surface area (Å²) >= 11 is 0. The zero-order valence-corrected chi connectivity index (χ0v) is 12.3. The van der Waals surface area contributed by atoms with Gasteiger partial charge in [0, 0.05) is 17.7 Å². The van der Waals surface area contributed by atoms with Crippen LogP contribution >= 0.6 is 0 Å². The first-order valence-corrected chi connectivity index (χ1v) is 7.10. The van der Waals surface area contributed by atoms with Gasteiger partial charge in [-0.2, -0.15) is 0 Å². The molecule has 5 heteroatoms.